The SMILES string of the molecule is CC[C@H](C)[C@H](NC(=O)O)C(=O)NN(Cc1ccccc1)C[C@H](O)[C@H](Cc1ccccc1)NC(=O)[C@H]([C@@H](C)CC)N1CCN(Cc2cccc(C)n2)C1=O. The summed E-state index contributed by atoms with van der Waals surface area (Å²) >= 11 is 0. The van der Waals surface area contributed by atoms with E-state index in [4.69, 9.17) is 0 Å². The number of aromatic nitrogens is 1. The molecule has 13 nitrogen and oxygen atoms in total. The van der Waals surface area contributed by atoms with Gasteiger partial charge in [-0.15, -0.1) is 0 Å². The number of aliphatic hydroxyl groups is 1. The molecule has 0 unspecified atom stereocenters. The van der Waals surface area contributed by atoms with E-state index in [1.807, 2.05) is 107 Å². The van der Waals surface area contributed by atoms with Gasteiger partial charge in [-0.05, 0) is 48.4 Å². The zero-order valence-corrected chi connectivity index (χ0v) is 31.4. The predicted molar refractivity (Wildman–Crippen MR) is 202 cm³/mol. The first-order valence-corrected chi connectivity index (χ1v) is 18.5. The van der Waals surface area contributed by atoms with Crippen LogP contribution in [-0.4, -0.2) is 97.8 Å². The molecule has 0 aliphatic carbocycles. The topological polar surface area (TPSA) is 167 Å². The minimum absolute atomic E-state index is 0.0906. The summed E-state index contributed by atoms with van der Waals surface area (Å²) in [7, 11) is 0. The molecule has 1 aliphatic heterocycles. The number of nitrogens with zero attached hydrogens (tertiary/aromatic N) is 4. The number of urea groups is 1. The van der Waals surface area contributed by atoms with Gasteiger partial charge in [-0.2, -0.15) is 0 Å². The van der Waals surface area contributed by atoms with Gasteiger partial charge in [0.05, 0.1) is 24.4 Å². The Morgan fingerprint density at radius 3 is 2.09 bits per heavy atom. The van der Waals surface area contributed by atoms with Gasteiger partial charge in [0.15, 0.2) is 0 Å². The number of aryl methyl sites for hydroxylation is 1. The molecule has 2 aromatic carbocycles. The average Bonchev–Trinajstić information content (AvgIpc) is 3.48. The number of amides is 5. The summed E-state index contributed by atoms with van der Waals surface area (Å²) in [6, 6.07) is 21.7. The van der Waals surface area contributed by atoms with E-state index in [2.05, 4.69) is 21.0 Å². The number of hydrazine groups is 1. The minimum Gasteiger partial charge on any atom is -0.465 e. The molecule has 6 atom stereocenters. The molecule has 286 valence electrons. The van der Waals surface area contributed by atoms with Gasteiger partial charge in [0, 0.05) is 31.9 Å². The van der Waals surface area contributed by atoms with E-state index in [0.29, 0.717) is 32.5 Å². The monoisotopic (exact) mass is 729 g/mol. The van der Waals surface area contributed by atoms with E-state index in [9.17, 15) is 29.4 Å². The van der Waals surface area contributed by atoms with Crippen LogP contribution in [0.5, 0.6) is 0 Å². The molecule has 0 bridgehead atoms. The summed E-state index contributed by atoms with van der Waals surface area (Å²) < 4.78 is 0. The van der Waals surface area contributed by atoms with E-state index in [-0.39, 0.29) is 43.3 Å². The van der Waals surface area contributed by atoms with Crippen LogP contribution in [0.25, 0.3) is 0 Å². The summed E-state index contributed by atoms with van der Waals surface area (Å²) in [6.45, 7) is 10.8. The molecule has 2 heterocycles. The van der Waals surface area contributed by atoms with Crippen LogP contribution in [0.4, 0.5) is 9.59 Å². The first kappa shape index (κ1) is 40.8. The number of carboxylic acid groups (broad SMARTS) is 1. The molecule has 1 fully saturated rings. The van der Waals surface area contributed by atoms with Crippen molar-refractivity contribution < 1.29 is 29.4 Å². The third-order valence-corrected chi connectivity index (χ3v) is 9.97. The fourth-order valence-corrected chi connectivity index (χ4v) is 6.61. The van der Waals surface area contributed by atoms with Gasteiger partial charge in [-0.25, -0.2) is 14.6 Å². The quantitative estimate of drug-likeness (QED) is 0.114. The number of nitrogens with one attached hydrogen (secondary N) is 3. The van der Waals surface area contributed by atoms with Gasteiger partial charge in [-0.1, -0.05) is 107 Å². The van der Waals surface area contributed by atoms with Crippen LogP contribution in [-0.2, 0) is 29.1 Å². The van der Waals surface area contributed by atoms with Crippen LogP contribution in [0, 0.1) is 18.8 Å². The first-order valence-electron chi connectivity index (χ1n) is 18.5. The number of rotatable bonds is 19. The smallest absolute Gasteiger partial charge is 0.405 e. The van der Waals surface area contributed by atoms with Crippen LogP contribution in [0.2, 0.25) is 0 Å². The Balaban J connectivity index is 1.58. The maximum Gasteiger partial charge on any atom is 0.405 e. The number of hydrogen-bond donors (Lipinski definition) is 5. The predicted octanol–water partition coefficient (Wildman–Crippen LogP) is 4.35. The number of benzene rings is 2. The van der Waals surface area contributed by atoms with Gasteiger partial charge >= 0.3 is 12.1 Å². The van der Waals surface area contributed by atoms with Crippen LogP contribution >= 0.6 is 0 Å². The Hall–Kier alpha value is -5.01. The average molecular weight is 730 g/mol. The van der Waals surface area contributed by atoms with Crippen LogP contribution < -0.4 is 16.1 Å². The largest absolute Gasteiger partial charge is 0.465 e. The summed E-state index contributed by atoms with van der Waals surface area (Å²) in [5.74, 6) is -1.40. The van der Waals surface area contributed by atoms with Gasteiger partial charge in [-0.3, -0.25) is 20.0 Å². The van der Waals surface area contributed by atoms with Crippen LogP contribution in [0.3, 0.4) is 0 Å². The van der Waals surface area contributed by atoms with Crippen molar-refractivity contribution in [2.24, 2.45) is 11.8 Å². The second-order valence-corrected chi connectivity index (χ2v) is 14.0. The molecule has 4 rings (SSSR count). The lowest BCUT2D eigenvalue weighted by Gasteiger charge is -2.35. The summed E-state index contributed by atoms with van der Waals surface area (Å²) in [4.78, 5) is 61.2. The third kappa shape index (κ3) is 11.7. The Morgan fingerprint density at radius 2 is 1.49 bits per heavy atom. The van der Waals surface area contributed by atoms with Crippen LogP contribution in [0.1, 0.15) is 63.1 Å². The standard InChI is InChI=1S/C40H55N7O6/c1-6-27(3)35(43-39(51)52)37(49)44-46(24-31-18-12-9-13-19-31)26-34(48)33(23-30-16-10-8-11-17-30)42-38(50)36(28(4)7-2)47-22-21-45(40(47)53)25-32-20-14-15-29(5)41-32/h8-20,27-28,33-36,43,48H,6-7,21-26H2,1-5H3,(H,42,50)(H,44,49)(H,51,52)/t27-,28-,33-,34-,35-,36-/m0/s1. The van der Waals surface area contributed by atoms with Crippen molar-refractivity contribution in [1.29, 1.82) is 0 Å². The van der Waals surface area contributed by atoms with Crippen molar-refractivity contribution in [2.75, 3.05) is 19.6 Å². The van der Waals surface area contributed by atoms with Crippen molar-refractivity contribution in [3.8, 4) is 0 Å². The maximum absolute atomic E-state index is 14.4. The second-order valence-electron chi connectivity index (χ2n) is 14.0. The molecule has 13 heteroatoms. The van der Waals surface area contributed by atoms with Gasteiger partial charge in [0.25, 0.3) is 5.91 Å². The molecule has 5 amide bonds. The lowest BCUT2D eigenvalue weighted by Crippen LogP contribution is -2.59. The van der Waals surface area contributed by atoms with Gasteiger partial charge in [0.1, 0.15) is 12.1 Å². The fraction of sp³-hybridized carbons (Fsp3) is 0.475. The maximum atomic E-state index is 14.4. The molecular formula is C40H55N7O6. The lowest BCUT2D eigenvalue weighted by atomic mass is 9.95. The Bertz CT molecular complexity index is 1640. The van der Waals surface area contributed by atoms with Gasteiger partial charge < -0.3 is 30.6 Å². The van der Waals surface area contributed by atoms with Crippen molar-refractivity contribution in [3.63, 3.8) is 0 Å². The Morgan fingerprint density at radius 1 is 0.849 bits per heavy atom. The molecule has 53 heavy (non-hydrogen) atoms. The Kier molecular flexibility index (Phi) is 15.2. The molecule has 3 aromatic rings. The highest BCUT2D eigenvalue weighted by Crippen LogP contribution is 2.23. The molecule has 0 spiro atoms. The highest BCUT2D eigenvalue weighted by atomic mass is 16.4. The number of carbonyl (C=O) groups is 4. The number of pyridine rings is 1. The fourth-order valence-electron chi connectivity index (χ4n) is 6.61. The van der Waals surface area contributed by atoms with E-state index in [0.717, 1.165) is 22.5 Å². The zero-order chi connectivity index (χ0) is 38.5. The molecule has 1 saturated heterocycles. The molecule has 1 aliphatic rings. The normalized spacial score (nSPS) is 16.4. The van der Waals surface area contributed by atoms with E-state index >= 15 is 0 Å². The van der Waals surface area contributed by atoms with E-state index in [1.165, 1.54) is 0 Å². The molecule has 5 N–H and O–H groups in total. The number of carbonyl (C=O) groups excluding carboxylic acids is 3. The van der Waals surface area contributed by atoms with Crippen molar-refractivity contribution >= 4 is 23.9 Å². The van der Waals surface area contributed by atoms with Crippen LogP contribution in [0.15, 0.2) is 78.9 Å². The number of hydrogen-bond acceptors (Lipinski definition) is 7. The Labute approximate surface area is 312 Å². The molecule has 0 saturated carbocycles. The molecule has 0 radical (unpaired) electrons. The summed E-state index contributed by atoms with van der Waals surface area (Å²) in [5.41, 5.74) is 6.22. The highest BCUT2D eigenvalue weighted by molar-refractivity contribution is 5.88. The minimum atomic E-state index is -1.31. The van der Waals surface area contributed by atoms with Gasteiger partial charge in [0.2, 0.25) is 5.91 Å². The zero-order valence-electron chi connectivity index (χ0n) is 31.4. The molecular weight excluding hydrogens is 674 g/mol. The second kappa shape index (κ2) is 19.7. The highest BCUT2D eigenvalue weighted by Gasteiger charge is 2.41. The van der Waals surface area contributed by atoms with E-state index in [1.54, 1.807) is 21.7 Å². The van der Waals surface area contributed by atoms with Crippen molar-refractivity contribution in [2.45, 2.75) is 91.2 Å². The van der Waals surface area contributed by atoms with E-state index < -0.39 is 36.2 Å². The third-order valence-electron chi connectivity index (χ3n) is 9.97. The summed E-state index contributed by atoms with van der Waals surface area (Å²) in [6.07, 6.45) is -1.02. The molecule has 1 aromatic heterocycles. The van der Waals surface area contributed by atoms with Crippen molar-refractivity contribution in [3.05, 3.63) is 101 Å². The lowest BCUT2D eigenvalue weighted by molar-refractivity contribution is -0.132. The number of aliphatic hydroxyl groups excluding tert-OH is 1. The van der Waals surface area contributed by atoms with Crippen molar-refractivity contribution in [1.82, 2.24) is 35.9 Å². The summed E-state index contributed by atoms with van der Waals surface area (Å²) in [5, 5.41) is 28.4. The first-order chi connectivity index (χ1) is 25.4.